The molecule has 1 unspecified atom stereocenters. The fourth-order valence-corrected chi connectivity index (χ4v) is 5.89. The first-order chi connectivity index (χ1) is 24.6. The molecule has 0 radical (unpaired) electrons. The van der Waals surface area contributed by atoms with E-state index in [2.05, 4.69) is 86.8 Å². The molecule has 50 heavy (non-hydrogen) atoms. The van der Waals surface area contributed by atoms with Gasteiger partial charge in [0.05, 0.1) is 0 Å². The average Bonchev–Trinajstić information content (AvgIpc) is 3.10. The summed E-state index contributed by atoms with van der Waals surface area (Å²) >= 11 is 0. The van der Waals surface area contributed by atoms with Gasteiger partial charge in [0.2, 0.25) is 0 Å². The van der Waals surface area contributed by atoms with Gasteiger partial charge in [-0.05, 0) is 89.9 Å². The first-order valence-corrected chi connectivity index (χ1v) is 20.9. The van der Waals surface area contributed by atoms with Crippen molar-refractivity contribution in [1.82, 2.24) is 0 Å². The largest absolute Gasteiger partial charge is 0.481 e. The minimum atomic E-state index is -0.707. The molecule has 0 aromatic carbocycles. The van der Waals surface area contributed by atoms with Crippen LogP contribution >= 0.6 is 0 Å². The molecule has 0 spiro atoms. The van der Waals surface area contributed by atoms with Crippen LogP contribution < -0.4 is 0 Å². The van der Waals surface area contributed by atoms with Gasteiger partial charge in [0.1, 0.15) is 6.10 Å². The SMILES string of the molecule is CC/C=C\C/C=C\C/C=C\C/C=C\C/C=C\C/C=C\CCCCC(=O)OC(CCCCCCCCCCCCC)CCCCCCCC(=O)O. The van der Waals surface area contributed by atoms with Crippen LogP contribution in [0.25, 0.3) is 0 Å². The van der Waals surface area contributed by atoms with Crippen LogP contribution in [0.3, 0.4) is 0 Å². The normalized spacial score (nSPS) is 13.0. The molecule has 0 bridgehead atoms. The zero-order valence-corrected chi connectivity index (χ0v) is 32.7. The monoisotopic (exact) mass is 695 g/mol. The quantitative estimate of drug-likeness (QED) is 0.0399. The average molecular weight is 695 g/mol. The number of esters is 1. The molecule has 0 amide bonds. The van der Waals surface area contributed by atoms with E-state index in [0.29, 0.717) is 6.42 Å². The van der Waals surface area contributed by atoms with Crippen LogP contribution in [0.4, 0.5) is 0 Å². The van der Waals surface area contributed by atoms with Crippen LogP contribution in [0.2, 0.25) is 0 Å². The summed E-state index contributed by atoms with van der Waals surface area (Å²) in [5.74, 6) is -0.747. The number of carboxylic acid groups (broad SMARTS) is 1. The van der Waals surface area contributed by atoms with E-state index >= 15 is 0 Å². The molecule has 0 aliphatic rings. The van der Waals surface area contributed by atoms with Gasteiger partial charge in [-0.1, -0.05) is 170 Å². The van der Waals surface area contributed by atoms with Gasteiger partial charge in [0, 0.05) is 12.8 Å². The zero-order chi connectivity index (χ0) is 36.4. The number of hydrogen-bond donors (Lipinski definition) is 1. The zero-order valence-electron chi connectivity index (χ0n) is 32.7. The fourth-order valence-electron chi connectivity index (χ4n) is 5.89. The molecule has 1 N–H and O–H groups in total. The third-order valence-corrected chi connectivity index (χ3v) is 8.94. The lowest BCUT2D eigenvalue weighted by molar-refractivity contribution is -0.150. The molecular formula is C46H78O4. The number of unbranched alkanes of at least 4 members (excludes halogenated alkanes) is 16. The van der Waals surface area contributed by atoms with Crippen LogP contribution in [0.15, 0.2) is 72.9 Å². The van der Waals surface area contributed by atoms with Crippen molar-refractivity contribution >= 4 is 11.9 Å². The van der Waals surface area contributed by atoms with Gasteiger partial charge in [0.15, 0.2) is 0 Å². The topological polar surface area (TPSA) is 63.6 Å². The van der Waals surface area contributed by atoms with Crippen molar-refractivity contribution in [2.45, 2.75) is 206 Å². The number of ether oxygens (including phenoxy) is 1. The summed E-state index contributed by atoms with van der Waals surface area (Å²) in [6.07, 6.45) is 57.8. The van der Waals surface area contributed by atoms with Gasteiger partial charge < -0.3 is 9.84 Å². The number of carbonyl (C=O) groups excluding carboxylic acids is 1. The van der Waals surface area contributed by atoms with E-state index in [4.69, 9.17) is 9.84 Å². The van der Waals surface area contributed by atoms with Crippen molar-refractivity contribution in [1.29, 1.82) is 0 Å². The second-order valence-electron chi connectivity index (χ2n) is 13.8. The number of aliphatic carboxylic acids is 1. The van der Waals surface area contributed by atoms with Crippen LogP contribution in [0, 0.1) is 0 Å². The lowest BCUT2D eigenvalue weighted by Crippen LogP contribution is -2.18. The Bertz CT molecular complexity index is 922. The molecule has 0 rings (SSSR count). The maximum absolute atomic E-state index is 12.7. The lowest BCUT2D eigenvalue weighted by atomic mass is 10.0. The van der Waals surface area contributed by atoms with E-state index in [0.717, 1.165) is 109 Å². The highest BCUT2D eigenvalue weighted by Crippen LogP contribution is 2.19. The maximum atomic E-state index is 12.7. The van der Waals surface area contributed by atoms with E-state index in [-0.39, 0.29) is 18.5 Å². The highest BCUT2D eigenvalue weighted by atomic mass is 16.5. The Balaban J connectivity index is 4.11. The molecule has 0 heterocycles. The Kier molecular flexibility index (Phi) is 38.7. The Morgan fingerprint density at radius 3 is 1.28 bits per heavy atom. The highest BCUT2D eigenvalue weighted by Gasteiger charge is 2.14. The summed E-state index contributed by atoms with van der Waals surface area (Å²) in [7, 11) is 0. The predicted molar refractivity (Wildman–Crippen MR) is 218 cm³/mol. The van der Waals surface area contributed by atoms with Crippen molar-refractivity contribution in [3.63, 3.8) is 0 Å². The van der Waals surface area contributed by atoms with Crippen molar-refractivity contribution in [2.75, 3.05) is 0 Å². The second-order valence-corrected chi connectivity index (χ2v) is 13.8. The molecule has 0 fully saturated rings. The summed E-state index contributed by atoms with van der Waals surface area (Å²) in [6, 6.07) is 0. The van der Waals surface area contributed by atoms with Crippen molar-refractivity contribution in [3.05, 3.63) is 72.9 Å². The Morgan fingerprint density at radius 1 is 0.460 bits per heavy atom. The molecular weight excluding hydrogens is 617 g/mol. The standard InChI is InChI=1S/C46H78O4/c1-3-5-7-9-11-13-15-16-17-18-19-20-21-22-23-24-26-28-30-35-39-43-46(49)50-44(41-37-33-31-34-38-42-45(47)48)40-36-32-29-27-25-14-12-10-8-6-4-2/h5,7,11,13,16-17,19-20,22-23,26,28,44H,3-4,6,8-10,12,14-15,18,21,24-25,27,29-43H2,1-2H3,(H,47,48)/b7-5-,13-11-,17-16-,20-19-,23-22-,28-26-. The van der Waals surface area contributed by atoms with Gasteiger partial charge in [-0.25, -0.2) is 0 Å². The highest BCUT2D eigenvalue weighted by molar-refractivity contribution is 5.69. The number of hydrogen-bond acceptors (Lipinski definition) is 3. The van der Waals surface area contributed by atoms with Gasteiger partial charge in [-0.2, -0.15) is 0 Å². The predicted octanol–water partition coefficient (Wildman–Crippen LogP) is 14.7. The first kappa shape index (κ1) is 47.4. The van der Waals surface area contributed by atoms with Crippen LogP contribution in [-0.2, 0) is 14.3 Å². The van der Waals surface area contributed by atoms with Crippen molar-refractivity contribution in [3.8, 4) is 0 Å². The summed E-state index contributed by atoms with van der Waals surface area (Å²) in [6.45, 7) is 4.43. The molecule has 4 heteroatoms. The molecule has 0 saturated heterocycles. The molecule has 0 aliphatic heterocycles. The molecule has 0 aromatic heterocycles. The van der Waals surface area contributed by atoms with E-state index in [1.807, 2.05) is 0 Å². The van der Waals surface area contributed by atoms with Gasteiger partial charge in [-0.15, -0.1) is 0 Å². The van der Waals surface area contributed by atoms with Crippen LogP contribution in [-0.4, -0.2) is 23.1 Å². The van der Waals surface area contributed by atoms with E-state index in [9.17, 15) is 9.59 Å². The van der Waals surface area contributed by atoms with Crippen LogP contribution in [0.5, 0.6) is 0 Å². The molecule has 286 valence electrons. The van der Waals surface area contributed by atoms with Crippen LogP contribution in [0.1, 0.15) is 200 Å². The maximum Gasteiger partial charge on any atom is 0.306 e. The molecule has 0 aromatic rings. The van der Waals surface area contributed by atoms with Gasteiger partial charge >= 0.3 is 11.9 Å². The summed E-state index contributed by atoms with van der Waals surface area (Å²) in [5.41, 5.74) is 0. The van der Waals surface area contributed by atoms with E-state index in [1.54, 1.807) is 0 Å². The Labute approximate surface area is 309 Å². The van der Waals surface area contributed by atoms with Gasteiger partial charge in [-0.3, -0.25) is 9.59 Å². The first-order valence-electron chi connectivity index (χ1n) is 20.9. The number of allylic oxidation sites excluding steroid dienone is 12. The molecule has 0 aliphatic carbocycles. The minimum absolute atomic E-state index is 0.0310. The number of carboxylic acids is 1. The third kappa shape index (κ3) is 39.8. The molecule has 4 nitrogen and oxygen atoms in total. The molecule has 0 saturated carbocycles. The smallest absolute Gasteiger partial charge is 0.306 e. The summed E-state index contributed by atoms with van der Waals surface area (Å²) in [4.78, 5) is 23.4. The minimum Gasteiger partial charge on any atom is -0.481 e. The molecule has 1 atom stereocenters. The second kappa shape index (κ2) is 40.8. The lowest BCUT2D eigenvalue weighted by Gasteiger charge is -2.18. The summed E-state index contributed by atoms with van der Waals surface area (Å²) in [5, 5.41) is 8.83. The Hall–Kier alpha value is -2.62. The van der Waals surface area contributed by atoms with Crippen molar-refractivity contribution in [2.24, 2.45) is 0 Å². The van der Waals surface area contributed by atoms with E-state index < -0.39 is 5.97 Å². The van der Waals surface area contributed by atoms with E-state index in [1.165, 1.54) is 64.2 Å². The fraction of sp³-hybridized carbons (Fsp3) is 0.696. The van der Waals surface area contributed by atoms with Gasteiger partial charge in [0.25, 0.3) is 0 Å². The Morgan fingerprint density at radius 2 is 0.840 bits per heavy atom. The number of carbonyl (C=O) groups is 2. The number of rotatable bonds is 37. The summed E-state index contributed by atoms with van der Waals surface area (Å²) < 4.78 is 5.99. The third-order valence-electron chi connectivity index (χ3n) is 8.94. The van der Waals surface area contributed by atoms with Crippen molar-refractivity contribution < 1.29 is 19.4 Å².